The van der Waals surface area contributed by atoms with Crippen LogP contribution in [0, 0.1) is 0 Å². The minimum atomic E-state index is -1.17. The summed E-state index contributed by atoms with van der Waals surface area (Å²) in [5.41, 5.74) is 0. The van der Waals surface area contributed by atoms with Gasteiger partial charge in [0.05, 0.1) is 5.03 Å². The summed E-state index contributed by atoms with van der Waals surface area (Å²) in [6.45, 7) is 0.312. The molecule has 0 bridgehead atoms. The zero-order valence-electron chi connectivity index (χ0n) is 9.03. The molecule has 1 atom stereocenters. The number of aliphatic hydroxyl groups excluding tert-OH is 1. The summed E-state index contributed by atoms with van der Waals surface area (Å²) < 4.78 is 0. The van der Waals surface area contributed by atoms with Gasteiger partial charge in [-0.2, -0.15) is 0 Å². The number of unbranched alkanes of at least 4 members (excludes halogenated alkanes) is 2. The molecule has 7 heteroatoms. The summed E-state index contributed by atoms with van der Waals surface area (Å²) >= 11 is 11.2. The van der Waals surface area contributed by atoms with Crippen molar-refractivity contribution in [3.63, 3.8) is 0 Å². The summed E-state index contributed by atoms with van der Waals surface area (Å²) in [6, 6.07) is 0. The van der Waals surface area contributed by atoms with E-state index in [0.29, 0.717) is 25.8 Å². The topological polar surface area (TPSA) is 77.8 Å². The third kappa shape index (κ3) is 3.59. The van der Waals surface area contributed by atoms with Gasteiger partial charge in [-0.15, -0.1) is 0 Å². The highest BCUT2D eigenvalue weighted by molar-refractivity contribution is 6.49. The molecule has 0 spiro atoms. The Morgan fingerprint density at radius 3 is 2.41 bits per heavy atom. The SMILES string of the molecule is O=C(O)CCCCCN1C(=O)C(Cl)=C(Cl)C1O. The lowest BCUT2D eigenvalue weighted by Gasteiger charge is -2.20. The molecule has 0 fully saturated rings. The normalized spacial score (nSPS) is 20.3. The number of nitrogens with zero attached hydrogens (tertiary/aromatic N) is 1. The molecular formula is C10H13Cl2NO4. The lowest BCUT2D eigenvalue weighted by atomic mass is 10.2. The van der Waals surface area contributed by atoms with Gasteiger partial charge in [0.2, 0.25) is 0 Å². The number of hydrogen-bond acceptors (Lipinski definition) is 3. The molecule has 0 saturated heterocycles. The van der Waals surface area contributed by atoms with Crippen molar-refractivity contribution in [1.29, 1.82) is 0 Å². The summed E-state index contributed by atoms with van der Waals surface area (Å²) in [6.07, 6.45) is 0.747. The van der Waals surface area contributed by atoms with Gasteiger partial charge in [0, 0.05) is 13.0 Å². The standard InChI is InChI=1S/C10H13Cl2NO4/c11-7-8(12)10(17)13(9(7)16)5-3-1-2-4-6(14)15/h9,16H,1-5H2,(H,14,15). The third-order valence-electron chi connectivity index (χ3n) is 2.47. The zero-order chi connectivity index (χ0) is 13.0. The van der Waals surface area contributed by atoms with Crippen LogP contribution < -0.4 is 0 Å². The largest absolute Gasteiger partial charge is 0.481 e. The molecule has 2 N–H and O–H groups in total. The summed E-state index contributed by atoms with van der Waals surface area (Å²) in [4.78, 5) is 22.9. The molecule has 1 amide bonds. The van der Waals surface area contributed by atoms with E-state index in [1.165, 1.54) is 4.90 Å². The predicted octanol–water partition coefficient (Wildman–Crippen LogP) is 1.48. The van der Waals surface area contributed by atoms with E-state index in [4.69, 9.17) is 28.3 Å². The Bertz CT molecular complexity index is 356. The quantitative estimate of drug-likeness (QED) is 0.723. The number of aliphatic carboxylic acids is 1. The fourth-order valence-electron chi connectivity index (χ4n) is 1.55. The average Bonchev–Trinajstić information content (AvgIpc) is 2.45. The van der Waals surface area contributed by atoms with Gasteiger partial charge in [-0.3, -0.25) is 9.59 Å². The molecule has 1 rings (SSSR count). The maximum Gasteiger partial charge on any atom is 0.303 e. The smallest absolute Gasteiger partial charge is 0.303 e. The minimum absolute atomic E-state index is 0.0535. The van der Waals surface area contributed by atoms with Crippen molar-refractivity contribution in [2.24, 2.45) is 0 Å². The molecule has 1 heterocycles. The zero-order valence-corrected chi connectivity index (χ0v) is 10.5. The second kappa shape index (κ2) is 6.23. The molecule has 96 valence electrons. The van der Waals surface area contributed by atoms with Crippen LogP contribution in [0.15, 0.2) is 10.1 Å². The first-order valence-electron chi connectivity index (χ1n) is 5.21. The van der Waals surface area contributed by atoms with Crippen LogP contribution in [0.1, 0.15) is 25.7 Å². The molecule has 5 nitrogen and oxygen atoms in total. The first kappa shape index (κ1) is 14.3. The van der Waals surface area contributed by atoms with E-state index in [2.05, 4.69) is 0 Å². The number of carbonyl (C=O) groups is 2. The van der Waals surface area contributed by atoms with E-state index in [1.807, 2.05) is 0 Å². The van der Waals surface area contributed by atoms with E-state index in [1.54, 1.807) is 0 Å². The van der Waals surface area contributed by atoms with Gasteiger partial charge in [0.1, 0.15) is 5.03 Å². The number of hydrogen-bond donors (Lipinski definition) is 2. The highest BCUT2D eigenvalue weighted by Crippen LogP contribution is 2.29. The van der Waals surface area contributed by atoms with Crippen molar-refractivity contribution in [2.45, 2.75) is 31.9 Å². The lowest BCUT2D eigenvalue weighted by Crippen LogP contribution is -2.35. The Hall–Kier alpha value is -0.780. The van der Waals surface area contributed by atoms with Crippen molar-refractivity contribution in [2.75, 3.05) is 6.54 Å². The highest BCUT2D eigenvalue weighted by Gasteiger charge is 2.35. The molecule has 17 heavy (non-hydrogen) atoms. The van der Waals surface area contributed by atoms with Gasteiger partial charge < -0.3 is 15.1 Å². The molecule has 0 aromatic heterocycles. The van der Waals surface area contributed by atoms with Crippen LogP contribution >= 0.6 is 23.2 Å². The van der Waals surface area contributed by atoms with Crippen LogP contribution in [0.5, 0.6) is 0 Å². The molecule has 0 aromatic rings. The maximum absolute atomic E-state index is 11.5. The highest BCUT2D eigenvalue weighted by atomic mass is 35.5. The van der Waals surface area contributed by atoms with Crippen LogP contribution in [-0.4, -0.2) is 39.8 Å². The van der Waals surface area contributed by atoms with E-state index >= 15 is 0 Å². The Balaban J connectivity index is 2.30. The summed E-state index contributed by atoms with van der Waals surface area (Å²) in [7, 11) is 0. The average molecular weight is 282 g/mol. The molecule has 1 aliphatic rings. The first-order valence-corrected chi connectivity index (χ1v) is 5.96. The number of carboxylic acid groups (broad SMARTS) is 1. The van der Waals surface area contributed by atoms with Gasteiger partial charge >= 0.3 is 5.97 Å². The maximum atomic E-state index is 11.5. The van der Waals surface area contributed by atoms with Crippen LogP contribution in [0.2, 0.25) is 0 Å². The summed E-state index contributed by atoms with van der Waals surface area (Å²) in [5.74, 6) is -1.32. The van der Waals surface area contributed by atoms with E-state index in [9.17, 15) is 14.7 Å². The number of carboxylic acids is 1. The number of rotatable bonds is 6. The van der Waals surface area contributed by atoms with Crippen LogP contribution in [0.3, 0.4) is 0 Å². The molecule has 1 unspecified atom stereocenters. The fourth-order valence-corrected chi connectivity index (χ4v) is 1.95. The van der Waals surface area contributed by atoms with Gasteiger partial charge in [-0.1, -0.05) is 29.6 Å². The lowest BCUT2D eigenvalue weighted by molar-refractivity contribution is -0.137. The summed E-state index contributed by atoms with van der Waals surface area (Å²) in [5, 5.41) is 17.8. The van der Waals surface area contributed by atoms with E-state index < -0.39 is 18.1 Å². The Morgan fingerprint density at radius 2 is 1.94 bits per heavy atom. The Morgan fingerprint density at radius 1 is 1.29 bits per heavy atom. The van der Waals surface area contributed by atoms with Gasteiger partial charge in [0.15, 0.2) is 6.23 Å². The van der Waals surface area contributed by atoms with Crippen molar-refractivity contribution in [3.8, 4) is 0 Å². The number of amides is 1. The number of carbonyl (C=O) groups excluding carboxylic acids is 1. The van der Waals surface area contributed by atoms with Gasteiger partial charge in [0.25, 0.3) is 5.91 Å². The van der Waals surface area contributed by atoms with Crippen LogP contribution in [0.25, 0.3) is 0 Å². The molecular weight excluding hydrogens is 269 g/mol. The molecule has 0 saturated carbocycles. The third-order valence-corrected chi connectivity index (χ3v) is 3.32. The van der Waals surface area contributed by atoms with Gasteiger partial charge in [-0.05, 0) is 12.8 Å². The molecule has 0 aliphatic carbocycles. The Labute approximate surface area is 109 Å². The molecule has 1 aliphatic heterocycles. The van der Waals surface area contributed by atoms with Crippen molar-refractivity contribution in [3.05, 3.63) is 10.1 Å². The molecule has 0 aromatic carbocycles. The van der Waals surface area contributed by atoms with Crippen molar-refractivity contribution < 1.29 is 19.8 Å². The van der Waals surface area contributed by atoms with Crippen molar-refractivity contribution >= 4 is 35.1 Å². The monoisotopic (exact) mass is 281 g/mol. The minimum Gasteiger partial charge on any atom is -0.481 e. The van der Waals surface area contributed by atoms with Crippen LogP contribution in [-0.2, 0) is 9.59 Å². The van der Waals surface area contributed by atoms with Crippen LogP contribution in [0.4, 0.5) is 0 Å². The van der Waals surface area contributed by atoms with E-state index in [-0.39, 0.29) is 16.5 Å². The van der Waals surface area contributed by atoms with E-state index in [0.717, 1.165) is 0 Å². The Kier molecular flexibility index (Phi) is 5.24. The first-order chi connectivity index (χ1) is 7.95. The predicted molar refractivity (Wildman–Crippen MR) is 62.6 cm³/mol. The van der Waals surface area contributed by atoms with Crippen molar-refractivity contribution in [1.82, 2.24) is 4.90 Å². The fraction of sp³-hybridized carbons (Fsp3) is 0.600. The second-order valence-electron chi connectivity index (χ2n) is 3.74. The second-order valence-corrected chi connectivity index (χ2v) is 4.52. The molecule has 0 radical (unpaired) electrons. The number of halogens is 2. The van der Waals surface area contributed by atoms with Gasteiger partial charge in [-0.25, -0.2) is 0 Å². The number of aliphatic hydroxyl groups is 1.